The Morgan fingerprint density at radius 1 is 1.33 bits per heavy atom. The summed E-state index contributed by atoms with van der Waals surface area (Å²) in [6.07, 6.45) is 0. The predicted molar refractivity (Wildman–Crippen MR) is 108 cm³/mol. The number of fused-ring (bicyclic) bond motifs is 1. The molecule has 7 nitrogen and oxygen atoms in total. The summed E-state index contributed by atoms with van der Waals surface area (Å²) in [6.45, 7) is 3.71. The molecule has 3 aromatic rings. The van der Waals surface area contributed by atoms with E-state index in [0.717, 1.165) is 15.2 Å². The Labute approximate surface area is 165 Å². The number of thioether (sulfide) groups is 1. The third-order valence-electron chi connectivity index (χ3n) is 4.00. The summed E-state index contributed by atoms with van der Waals surface area (Å²) in [4.78, 5) is 30.6. The highest BCUT2D eigenvalue weighted by Crippen LogP contribution is 2.29. The van der Waals surface area contributed by atoms with E-state index in [1.165, 1.54) is 11.8 Å². The zero-order valence-corrected chi connectivity index (χ0v) is 16.9. The van der Waals surface area contributed by atoms with E-state index in [0.29, 0.717) is 11.6 Å². The minimum absolute atomic E-state index is 0.0446. The lowest BCUT2D eigenvalue weighted by Crippen LogP contribution is -2.31. The molecule has 9 heteroatoms. The van der Waals surface area contributed by atoms with Gasteiger partial charge in [-0.25, -0.2) is 4.98 Å². The van der Waals surface area contributed by atoms with Gasteiger partial charge < -0.3 is 14.7 Å². The van der Waals surface area contributed by atoms with E-state index in [1.54, 1.807) is 36.3 Å². The summed E-state index contributed by atoms with van der Waals surface area (Å²) in [7, 11) is 1.76. The van der Waals surface area contributed by atoms with Gasteiger partial charge in [-0.1, -0.05) is 17.3 Å². The zero-order valence-electron chi connectivity index (χ0n) is 15.3. The maximum atomic E-state index is 12.4. The number of rotatable bonds is 7. The number of amides is 2. The summed E-state index contributed by atoms with van der Waals surface area (Å²) in [5.41, 5.74) is 0.944. The number of carbonyl (C=O) groups excluding carboxylic acids is 2. The highest BCUT2D eigenvalue weighted by atomic mass is 32.2. The van der Waals surface area contributed by atoms with Crippen LogP contribution in [0.1, 0.15) is 23.7 Å². The van der Waals surface area contributed by atoms with E-state index in [-0.39, 0.29) is 29.4 Å². The number of carbonyl (C=O) groups is 2. The fraction of sp³-hybridized carbons (Fsp3) is 0.333. The van der Waals surface area contributed by atoms with E-state index in [9.17, 15) is 9.59 Å². The van der Waals surface area contributed by atoms with Gasteiger partial charge in [0.05, 0.1) is 27.8 Å². The van der Waals surface area contributed by atoms with Crippen LogP contribution in [0.4, 0.5) is 5.82 Å². The maximum absolute atomic E-state index is 12.4. The first kappa shape index (κ1) is 19.4. The number of hydrogen-bond acceptors (Lipinski definition) is 7. The quantitative estimate of drug-likeness (QED) is 0.649. The van der Waals surface area contributed by atoms with Crippen LogP contribution in [0.15, 0.2) is 34.9 Å². The van der Waals surface area contributed by atoms with Crippen molar-refractivity contribution in [2.24, 2.45) is 0 Å². The van der Waals surface area contributed by atoms with E-state index >= 15 is 0 Å². The first-order valence-electron chi connectivity index (χ1n) is 8.36. The molecule has 0 aliphatic rings. The third-order valence-corrected chi connectivity index (χ3v) is 6.12. The molecule has 2 aromatic heterocycles. The standard InChI is InChI=1S/C18H20N4O3S2/c1-11-8-15(21-25-11)20-16(23)9-26-10-17(24)22(3)12(2)18-19-13-6-4-5-7-14(13)27-18/h4-8,12H,9-10H2,1-3H3,(H,20,21,23)/t12-/m1/s1. The van der Waals surface area contributed by atoms with Crippen LogP contribution in [0.25, 0.3) is 10.2 Å². The monoisotopic (exact) mass is 404 g/mol. The van der Waals surface area contributed by atoms with E-state index < -0.39 is 0 Å². The number of thiazole rings is 1. The van der Waals surface area contributed by atoms with Crippen molar-refractivity contribution in [2.75, 3.05) is 23.9 Å². The highest BCUT2D eigenvalue weighted by Gasteiger charge is 2.21. The number of anilines is 1. The van der Waals surface area contributed by atoms with Crippen molar-refractivity contribution in [3.8, 4) is 0 Å². The lowest BCUT2D eigenvalue weighted by atomic mass is 10.3. The van der Waals surface area contributed by atoms with Gasteiger partial charge in [0.25, 0.3) is 0 Å². The smallest absolute Gasteiger partial charge is 0.235 e. The largest absolute Gasteiger partial charge is 0.360 e. The fourth-order valence-electron chi connectivity index (χ4n) is 2.39. The van der Waals surface area contributed by atoms with Gasteiger partial charge in [0.1, 0.15) is 10.8 Å². The van der Waals surface area contributed by atoms with Crippen LogP contribution in [0.5, 0.6) is 0 Å². The van der Waals surface area contributed by atoms with Crippen LogP contribution in [-0.2, 0) is 9.59 Å². The molecule has 1 N–H and O–H groups in total. The normalized spacial score (nSPS) is 12.1. The molecule has 0 saturated heterocycles. The van der Waals surface area contributed by atoms with Crippen molar-refractivity contribution in [1.82, 2.24) is 15.0 Å². The van der Waals surface area contributed by atoms with Crippen molar-refractivity contribution < 1.29 is 14.1 Å². The van der Waals surface area contributed by atoms with Crippen LogP contribution < -0.4 is 5.32 Å². The Bertz CT molecular complexity index is 920. The summed E-state index contributed by atoms with van der Waals surface area (Å²) in [5.74, 6) is 1.13. The Kier molecular flexibility index (Phi) is 6.12. The summed E-state index contributed by atoms with van der Waals surface area (Å²) < 4.78 is 6.00. The van der Waals surface area contributed by atoms with Crippen molar-refractivity contribution in [3.05, 3.63) is 41.1 Å². The SMILES string of the molecule is Cc1cc(NC(=O)CSCC(=O)N(C)[C@H](C)c2nc3ccccc3s2)no1. The predicted octanol–water partition coefficient (Wildman–Crippen LogP) is 3.48. The van der Waals surface area contributed by atoms with Gasteiger partial charge >= 0.3 is 0 Å². The Balaban J connectivity index is 1.48. The van der Waals surface area contributed by atoms with E-state index in [4.69, 9.17) is 4.52 Å². The Morgan fingerprint density at radius 2 is 2.11 bits per heavy atom. The number of aromatic nitrogens is 2. The summed E-state index contributed by atoms with van der Waals surface area (Å²) >= 11 is 2.85. The fourth-order valence-corrected chi connectivity index (χ4v) is 4.19. The van der Waals surface area contributed by atoms with Gasteiger partial charge in [-0.05, 0) is 26.0 Å². The van der Waals surface area contributed by atoms with Gasteiger partial charge in [-0.2, -0.15) is 0 Å². The average molecular weight is 405 g/mol. The number of nitrogens with zero attached hydrogens (tertiary/aromatic N) is 3. The summed E-state index contributed by atoms with van der Waals surface area (Å²) in [6, 6.07) is 9.44. The van der Waals surface area contributed by atoms with Crippen LogP contribution in [0, 0.1) is 6.92 Å². The number of nitrogens with one attached hydrogen (secondary N) is 1. The molecule has 0 unspecified atom stereocenters. The van der Waals surface area contributed by atoms with Crippen molar-refractivity contribution in [2.45, 2.75) is 19.9 Å². The zero-order chi connectivity index (χ0) is 19.4. The first-order valence-corrected chi connectivity index (χ1v) is 10.3. The van der Waals surface area contributed by atoms with Gasteiger partial charge in [0.15, 0.2) is 5.82 Å². The first-order chi connectivity index (χ1) is 12.9. The molecule has 142 valence electrons. The molecule has 1 atom stereocenters. The molecule has 3 rings (SSSR count). The number of aryl methyl sites for hydroxylation is 1. The highest BCUT2D eigenvalue weighted by molar-refractivity contribution is 8.00. The van der Waals surface area contributed by atoms with Crippen LogP contribution in [-0.4, -0.2) is 45.4 Å². The third kappa shape index (κ3) is 4.86. The topological polar surface area (TPSA) is 88.3 Å². The van der Waals surface area contributed by atoms with Crippen molar-refractivity contribution in [3.63, 3.8) is 0 Å². The molecule has 1 aromatic carbocycles. The average Bonchev–Trinajstić information content (AvgIpc) is 3.26. The summed E-state index contributed by atoms with van der Waals surface area (Å²) in [5, 5.41) is 7.24. The molecule has 0 bridgehead atoms. The second kappa shape index (κ2) is 8.53. The molecule has 0 fully saturated rings. The van der Waals surface area contributed by atoms with Gasteiger partial charge in [0.2, 0.25) is 11.8 Å². The number of hydrogen-bond donors (Lipinski definition) is 1. The van der Waals surface area contributed by atoms with Crippen LogP contribution in [0.2, 0.25) is 0 Å². The van der Waals surface area contributed by atoms with Gasteiger partial charge in [-0.15, -0.1) is 23.1 Å². The molecule has 2 heterocycles. The second-order valence-corrected chi connectivity index (χ2v) is 8.11. The van der Waals surface area contributed by atoms with E-state index in [1.807, 2.05) is 31.2 Å². The van der Waals surface area contributed by atoms with Gasteiger partial charge in [0, 0.05) is 13.1 Å². The molecular weight excluding hydrogens is 384 g/mol. The van der Waals surface area contributed by atoms with Crippen LogP contribution in [0.3, 0.4) is 0 Å². The lowest BCUT2D eigenvalue weighted by molar-refractivity contribution is -0.128. The molecule has 0 spiro atoms. The van der Waals surface area contributed by atoms with Crippen LogP contribution >= 0.6 is 23.1 Å². The molecular formula is C18H20N4O3S2. The molecule has 0 aliphatic heterocycles. The van der Waals surface area contributed by atoms with Gasteiger partial charge in [-0.3, -0.25) is 9.59 Å². The molecule has 2 amide bonds. The molecule has 0 radical (unpaired) electrons. The van der Waals surface area contributed by atoms with Crippen molar-refractivity contribution >= 4 is 50.9 Å². The Morgan fingerprint density at radius 3 is 2.81 bits per heavy atom. The molecule has 0 aliphatic carbocycles. The number of para-hydroxylation sites is 1. The lowest BCUT2D eigenvalue weighted by Gasteiger charge is -2.23. The van der Waals surface area contributed by atoms with Crippen molar-refractivity contribution in [1.29, 1.82) is 0 Å². The van der Waals surface area contributed by atoms with E-state index in [2.05, 4.69) is 15.5 Å². The minimum atomic E-state index is -0.219. The minimum Gasteiger partial charge on any atom is -0.360 e. The molecule has 0 saturated carbocycles. The molecule has 27 heavy (non-hydrogen) atoms. The Hall–Kier alpha value is -2.39. The maximum Gasteiger partial charge on any atom is 0.235 e. The number of benzene rings is 1. The second-order valence-electron chi connectivity index (χ2n) is 6.06.